The molecular weight excluding hydrogens is 364 g/mol. The van der Waals surface area contributed by atoms with Crippen molar-refractivity contribution in [2.24, 2.45) is 0 Å². The number of carbonyl (C=O) groups is 1. The van der Waals surface area contributed by atoms with Crippen LogP contribution in [0.25, 0.3) is 0 Å². The highest BCUT2D eigenvalue weighted by molar-refractivity contribution is 7.89. The smallest absolute Gasteiger partial charge is 0.266 e. The van der Waals surface area contributed by atoms with Crippen LogP contribution in [0.4, 0.5) is 0 Å². The number of amides is 1. The molecule has 140 valence electrons. The van der Waals surface area contributed by atoms with Gasteiger partial charge in [-0.15, -0.1) is 0 Å². The molecule has 0 aliphatic heterocycles. The minimum absolute atomic E-state index is 0.0476. The predicted octanol–water partition coefficient (Wildman–Crippen LogP) is 3.36. The van der Waals surface area contributed by atoms with Gasteiger partial charge in [-0.05, 0) is 31.0 Å². The molecule has 6 nitrogen and oxygen atoms in total. The first-order valence-electron chi connectivity index (χ1n) is 8.49. The Morgan fingerprint density at radius 2 is 1.80 bits per heavy atom. The van der Waals surface area contributed by atoms with Crippen molar-refractivity contribution >= 4 is 27.5 Å². The lowest BCUT2D eigenvalue weighted by Crippen LogP contribution is -2.35. The van der Waals surface area contributed by atoms with Crippen LogP contribution >= 0.6 is 11.6 Å². The summed E-state index contributed by atoms with van der Waals surface area (Å²) in [6, 6.07) is 4.38. The molecule has 0 unspecified atom stereocenters. The number of nitrogens with zero attached hydrogens (tertiary/aromatic N) is 1. The predicted molar refractivity (Wildman–Crippen MR) is 97.0 cm³/mol. The highest BCUT2D eigenvalue weighted by Gasteiger charge is 2.25. The number of halogens is 1. The van der Waals surface area contributed by atoms with Gasteiger partial charge in [0.15, 0.2) is 0 Å². The summed E-state index contributed by atoms with van der Waals surface area (Å²) < 4.78 is 25.5. The van der Waals surface area contributed by atoms with Crippen LogP contribution in [-0.2, 0) is 14.9 Å². The minimum atomic E-state index is -3.92. The van der Waals surface area contributed by atoms with E-state index in [2.05, 4.69) is 5.32 Å². The molecule has 2 rings (SSSR count). The van der Waals surface area contributed by atoms with Gasteiger partial charge in [-0.1, -0.05) is 48.2 Å². The quantitative estimate of drug-likeness (QED) is 0.784. The van der Waals surface area contributed by atoms with Gasteiger partial charge in [-0.25, -0.2) is 8.42 Å². The molecule has 0 spiro atoms. The lowest BCUT2D eigenvalue weighted by Gasteiger charge is -2.21. The van der Waals surface area contributed by atoms with Crippen molar-refractivity contribution in [2.75, 3.05) is 14.2 Å². The number of sulfonamides is 1. The molecule has 0 aromatic heterocycles. The number of hydroxylamine groups is 1. The first kappa shape index (κ1) is 20.2. The maximum Gasteiger partial charge on any atom is 0.266 e. The van der Waals surface area contributed by atoms with Crippen LogP contribution in [0.2, 0.25) is 5.02 Å². The number of hydrogen-bond donors (Lipinski definition) is 1. The molecule has 8 heteroatoms. The fourth-order valence-corrected chi connectivity index (χ4v) is 4.42. The largest absolute Gasteiger partial charge is 0.349 e. The van der Waals surface area contributed by atoms with E-state index in [1.54, 1.807) is 0 Å². The van der Waals surface area contributed by atoms with Crippen LogP contribution < -0.4 is 5.32 Å². The summed E-state index contributed by atoms with van der Waals surface area (Å²) in [5.74, 6) is -0.279. The summed E-state index contributed by atoms with van der Waals surface area (Å²) >= 11 is 6.02. The van der Waals surface area contributed by atoms with Crippen LogP contribution in [0.1, 0.15) is 55.3 Å². The average Bonchev–Trinajstić information content (AvgIpc) is 2.56. The molecule has 1 aliphatic carbocycles. The molecule has 1 amide bonds. The Morgan fingerprint density at radius 1 is 1.20 bits per heavy atom. The van der Waals surface area contributed by atoms with Crippen LogP contribution in [0.3, 0.4) is 0 Å². The van der Waals surface area contributed by atoms with Crippen molar-refractivity contribution in [1.82, 2.24) is 9.79 Å². The summed E-state index contributed by atoms with van der Waals surface area (Å²) in [5.41, 5.74) is 0.273. The van der Waals surface area contributed by atoms with E-state index in [0.29, 0.717) is 4.47 Å². The summed E-state index contributed by atoms with van der Waals surface area (Å²) in [4.78, 5) is 17.2. The topological polar surface area (TPSA) is 75.7 Å². The van der Waals surface area contributed by atoms with E-state index in [9.17, 15) is 13.2 Å². The standard InChI is InChI=1S/C17H25ClN2O4S/c1-20(24-2)25(22,23)16-12-13(10-11-15(16)18)17(21)19-14-8-6-4-3-5-7-9-14/h10-12,14H,3-9H2,1-2H3,(H,19,21). The highest BCUT2D eigenvalue weighted by Crippen LogP contribution is 2.26. The van der Waals surface area contributed by atoms with E-state index in [1.165, 1.54) is 51.6 Å². The number of hydrogen-bond acceptors (Lipinski definition) is 4. The summed E-state index contributed by atoms with van der Waals surface area (Å²) in [5, 5.41) is 3.07. The van der Waals surface area contributed by atoms with E-state index < -0.39 is 10.0 Å². The third-order valence-corrected chi connectivity index (χ3v) is 6.67. The monoisotopic (exact) mass is 388 g/mol. The van der Waals surface area contributed by atoms with Crippen molar-refractivity contribution in [2.45, 2.75) is 55.9 Å². The van der Waals surface area contributed by atoms with Crippen molar-refractivity contribution in [1.29, 1.82) is 0 Å². The van der Waals surface area contributed by atoms with Gasteiger partial charge in [0.2, 0.25) is 0 Å². The maximum atomic E-state index is 12.5. The zero-order valence-electron chi connectivity index (χ0n) is 14.6. The first-order valence-corrected chi connectivity index (χ1v) is 10.3. The van der Waals surface area contributed by atoms with Crippen molar-refractivity contribution in [3.8, 4) is 0 Å². The number of nitrogens with one attached hydrogen (secondary N) is 1. The number of carbonyl (C=O) groups excluding carboxylic acids is 1. The van der Waals surface area contributed by atoms with Gasteiger partial charge in [0.1, 0.15) is 4.90 Å². The van der Waals surface area contributed by atoms with Gasteiger partial charge in [0.25, 0.3) is 15.9 Å². The number of rotatable bonds is 5. The normalized spacial score (nSPS) is 17.1. The SMILES string of the molecule is CON(C)S(=O)(=O)c1cc(C(=O)NC2CCCCCCC2)ccc1Cl. The Morgan fingerprint density at radius 3 is 2.40 bits per heavy atom. The zero-order valence-corrected chi connectivity index (χ0v) is 16.2. The van der Waals surface area contributed by atoms with Gasteiger partial charge < -0.3 is 5.32 Å². The lowest BCUT2D eigenvalue weighted by molar-refractivity contribution is -0.0258. The van der Waals surface area contributed by atoms with E-state index in [4.69, 9.17) is 16.4 Å². The first-order chi connectivity index (χ1) is 11.9. The molecule has 25 heavy (non-hydrogen) atoms. The van der Waals surface area contributed by atoms with Gasteiger partial charge in [-0.2, -0.15) is 0 Å². The van der Waals surface area contributed by atoms with Gasteiger partial charge in [-0.3, -0.25) is 9.63 Å². The fourth-order valence-electron chi connectivity index (χ4n) is 2.95. The van der Waals surface area contributed by atoms with E-state index in [-0.39, 0.29) is 27.4 Å². The van der Waals surface area contributed by atoms with E-state index in [0.717, 1.165) is 25.7 Å². The second-order valence-electron chi connectivity index (χ2n) is 6.26. The Bertz CT molecular complexity index is 701. The molecule has 0 radical (unpaired) electrons. The van der Waals surface area contributed by atoms with Crippen LogP contribution in [-0.4, -0.2) is 39.0 Å². The molecule has 0 heterocycles. The van der Waals surface area contributed by atoms with Gasteiger partial charge in [0.05, 0.1) is 12.1 Å². The zero-order chi connectivity index (χ0) is 18.4. The van der Waals surface area contributed by atoms with E-state index >= 15 is 0 Å². The van der Waals surface area contributed by atoms with Gasteiger partial charge >= 0.3 is 0 Å². The number of benzene rings is 1. The summed E-state index contributed by atoms with van der Waals surface area (Å²) in [7, 11) is -1.40. The van der Waals surface area contributed by atoms with E-state index in [1.807, 2.05) is 0 Å². The molecule has 1 aromatic carbocycles. The molecule has 0 bridgehead atoms. The minimum Gasteiger partial charge on any atom is -0.349 e. The Kier molecular flexibility index (Phi) is 7.25. The third-order valence-electron chi connectivity index (χ3n) is 4.51. The van der Waals surface area contributed by atoms with Gasteiger partial charge in [0, 0.05) is 18.7 Å². The van der Waals surface area contributed by atoms with Crippen molar-refractivity contribution < 1.29 is 18.0 Å². The average molecular weight is 389 g/mol. The Labute approximate surface area is 154 Å². The molecule has 1 fully saturated rings. The van der Waals surface area contributed by atoms with Crippen LogP contribution in [0.5, 0.6) is 0 Å². The molecule has 1 saturated carbocycles. The lowest BCUT2D eigenvalue weighted by atomic mass is 9.96. The third kappa shape index (κ3) is 5.17. The molecule has 1 aliphatic rings. The Hall–Kier alpha value is -1.15. The second-order valence-corrected chi connectivity index (χ2v) is 8.57. The maximum absolute atomic E-state index is 12.5. The van der Waals surface area contributed by atoms with Crippen LogP contribution in [0, 0.1) is 0 Å². The Balaban J connectivity index is 2.19. The molecule has 0 saturated heterocycles. The van der Waals surface area contributed by atoms with Crippen molar-refractivity contribution in [3.63, 3.8) is 0 Å². The summed E-state index contributed by atoms with van der Waals surface area (Å²) in [6.45, 7) is 0. The molecular formula is C17H25ClN2O4S. The molecule has 1 N–H and O–H groups in total. The molecule has 1 aromatic rings. The fraction of sp³-hybridized carbons (Fsp3) is 0.588. The van der Waals surface area contributed by atoms with Crippen LogP contribution in [0.15, 0.2) is 23.1 Å². The second kappa shape index (κ2) is 8.98. The summed E-state index contributed by atoms with van der Waals surface area (Å²) in [6.07, 6.45) is 7.76. The molecule has 0 atom stereocenters. The highest BCUT2D eigenvalue weighted by atomic mass is 35.5. The van der Waals surface area contributed by atoms with Crippen molar-refractivity contribution in [3.05, 3.63) is 28.8 Å².